The number of halogens is 1. The summed E-state index contributed by atoms with van der Waals surface area (Å²) >= 11 is 0. The molecule has 0 fully saturated rings. The Morgan fingerprint density at radius 3 is 2.67 bits per heavy atom. The lowest BCUT2D eigenvalue weighted by Gasteiger charge is -2.41. The van der Waals surface area contributed by atoms with Crippen LogP contribution in [0.2, 0.25) is 0 Å². The van der Waals surface area contributed by atoms with E-state index in [0.29, 0.717) is 0 Å². The summed E-state index contributed by atoms with van der Waals surface area (Å²) in [7, 11) is 0. The lowest BCUT2D eigenvalue weighted by Crippen LogP contribution is -2.47. The number of hydrogen-bond donors (Lipinski definition) is 1. The van der Waals surface area contributed by atoms with E-state index in [0.717, 1.165) is 42.5 Å². The summed E-state index contributed by atoms with van der Waals surface area (Å²) in [5.41, 5.74) is 4.14. The van der Waals surface area contributed by atoms with Crippen molar-refractivity contribution in [3.05, 3.63) is 71.2 Å². The van der Waals surface area contributed by atoms with Crippen molar-refractivity contribution in [1.82, 2.24) is 9.88 Å². The van der Waals surface area contributed by atoms with Crippen LogP contribution in [0.1, 0.15) is 61.9 Å². The minimum Gasteiger partial charge on any atom is -0.356 e. The first-order valence-corrected chi connectivity index (χ1v) is 10.8. The minimum absolute atomic E-state index is 0.0205. The Morgan fingerprint density at radius 2 is 1.93 bits per heavy atom. The maximum absolute atomic E-state index is 13.6. The van der Waals surface area contributed by atoms with E-state index in [4.69, 9.17) is 6.42 Å². The van der Waals surface area contributed by atoms with Gasteiger partial charge in [0.05, 0.1) is 6.04 Å². The summed E-state index contributed by atoms with van der Waals surface area (Å²) in [6.07, 6.45) is 11.8. The Balaban J connectivity index is 1.83. The van der Waals surface area contributed by atoms with Crippen LogP contribution in [0.3, 0.4) is 0 Å². The number of unbranched alkanes of at least 4 members (excludes halogenated alkanes) is 3. The van der Waals surface area contributed by atoms with Gasteiger partial charge in [-0.05, 0) is 48.1 Å². The van der Waals surface area contributed by atoms with Gasteiger partial charge in [-0.3, -0.25) is 4.79 Å². The Hall–Kier alpha value is -3.06. The van der Waals surface area contributed by atoms with Crippen molar-refractivity contribution >= 4 is 16.8 Å². The van der Waals surface area contributed by atoms with Crippen molar-refractivity contribution in [2.75, 3.05) is 0 Å². The normalized spacial score (nSPS) is 18.2. The lowest BCUT2D eigenvalue weighted by molar-refractivity contribution is -0.130. The second-order valence-corrected chi connectivity index (χ2v) is 8.08. The molecule has 4 heteroatoms. The molecule has 30 heavy (non-hydrogen) atoms. The van der Waals surface area contributed by atoms with E-state index >= 15 is 0 Å². The van der Waals surface area contributed by atoms with E-state index in [1.54, 1.807) is 12.1 Å². The van der Waals surface area contributed by atoms with Gasteiger partial charge < -0.3 is 9.88 Å². The predicted molar refractivity (Wildman–Crippen MR) is 118 cm³/mol. The molecular weight excluding hydrogens is 375 g/mol. The van der Waals surface area contributed by atoms with Crippen molar-refractivity contribution < 1.29 is 9.18 Å². The molecular formula is C26H27FN2O. The van der Waals surface area contributed by atoms with E-state index in [-0.39, 0.29) is 23.8 Å². The smallest absolute Gasteiger partial charge is 0.299 e. The monoisotopic (exact) mass is 402 g/mol. The molecule has 2 heterocycles. The fourth-order valence-electron chi connectivity index (χ4n) is 4.74. The highest BCUT2D eigenvalue weighted by Crippen LogP contribution is 2.42. The largest absolute Gasteiger partial charge is 0.356 e. The molecule has 0 aliphatic carbocycles. The lowest BCUT2D eigenvalue weighted by atomic mass is 9.86. The molecule has 0 saturated carbocycles. The first kappa shape index (κ1) is 20.2. The third-order valence-electron chi connectivity index (χ3n) is 6.17. The zero-order chi connectivity index (χ0) is 21.1. The molecule has 0 spiro atoms. The van der Waals surface area contributed by atoms with E-state index in [1.807, 2.05) is 17.0 Å². The summed E-state index contributed by atoms with van der Waals surface area (Å²) in [6.45, 7) is 2.19. The van der Waals surface area contributed by atoms with Gasteiger partial charge in [0.15, 0.2) is 0 Å². The number of fused-ring (bicyclic) bond motifs is 3. The van der Waals surface area contributed by atoms with E-state index in [1.165, 1.54) is 35.9 Å². The van der Waals surface area contributed by atoms with Gasteiger partial charge in [0.1, 0.15) is 5.82 Å². The fraction of sp³-hybridized carbons (Fsp3) is 0.346. The molecule has 0 saturated heterocycles. The number of rotatable bonds is 6. The zero-order valence-electron chi connectivity index (χ0n) is 17.3. The number of carbonyl (C=O) groups excluding carboxylic acids is 1. The van der Waals surface area contributed by atoms with E-state index < -0.39 is 0 Å². The van der Waals surface area contributed by atoms with Crippen molar-refractivity contribution in [1.29, 1.82) is 0 Å². The van der Waals surface area contributed by atoms with Crippen LogP contribution in [-0.2, 0) is 11.2 Å². The second kappa shape index (κ2) is 8.75. The molecule has 4 rings (SSSR count). The molecule has 2 aromatic carbocycles. The summed E-state index contributed by atoms with van der Waals surface area (Å²) in [6, 6.07) is 14.3. The number of aromatic amines is 1. The van der Waals surface area contributed by atoms with Crippen molar-refractivity contribution in [2.45, 2.75) is 57.5 Å². The van der Waals surface area contributed by atoms with Gasteiger partial charge in [-0.1, -0.05) is 62.9 Å². The number of hydrogen-bond acceptors (Lipinski definition) is 1. The number of carbonyl (C=O) groups is 1. The Morgan fingerprint density at radius 1 is 1.17 bits per heavy atom. The highest BCUT2D eigenvalue weighted by molar-refractivity contribution is 5.94. The molecule has 0 bridgehead atoms. The van der Waals surface area contributed by atoms with Crippen molar-refractivity contribution in [3.63, 3.8) is 0 Å². The zero-order valence-corrected chi connectivity index (χ0v) is 17.3. The number of para-hydroxylation sites is 1. The van der Waals surface area contributed by atoms with E-state index in [2.05, 4.69) is 30.0 Å². The van der Waals surface area contributed by atoms with Gasteiger partial charge in [-0.2, -0.15) is 0 Å². The molecule has 1 aliphatic heterocycles. The van der Waals surface area contributed by atoms with Crippen molar-refractivity contribution in [3.8, 4) is 12.3 Å². The maximum atomic E-state index is 13.6. The number of terminal acetylenes is 1. The third-order valence-corrected chi connectivity index (χ3v) is 6.17. The number of H-pyrrole nitrogens is 1. The second-order valence-electron chi connectivity index (χ2n) is 8.08. The van der Waals surface area contributed by atoms with Crippen molar-refractivity contribution in [2.24, 2.45) is 0 Å². The summed E-state index contributed by atoms with van der Waals surface area (Å²) < 4.78 is 13.6. The molecule has 3 aromatic rings. The summed E-state index contributed by atoms with van der Waals surface area (Å²) in [4.78, 5) is 18.3. The molecule has 0 radical (unpaired) electrons. The van der Waals surface area contributed by atoms with Crippen LogP contribution in [0, 0.1) is 18.2 Å². The quantitative estimate of drug-likeness (QED) is 0.413. The molecule has 3 nitrogen and oxygen atoms in total. The minimum atomic E-state index is -0.346. The van der Waals surface area contributed by atoms with Crippen LogP contribution in [-0.4, -0.2) is 21.8 Å². The van der Waals surface area contributed by atoms with Crippen LogP contribution in [0.4, 0.5) is 4.39 Å². The highest BCUT2D eigenvalue weighted by Gasteiger charge is 2.39. The van der Waals surface area contributed by atoms with Crippen LogP contribution in [0.5, 0.6) is 0 Å². The number of nitrogens with one attached hydrogen (secondary N) is 1. The third kappa shape index (κ3) is 3.73. The molecule has 0 unspecified atom stereocenters. The SMILES string of the molecule is C#CC(=O)N1[C@@H](CCCCCC)Cc2c([nH]c3ccccc23)[C@@H]1c1ccc(F)cc1. The topological polar surface area (TPSA) is 36.1 Å². The average Bonchev–Trinajstić information content (AvgIpc) is 3.14. The van der Waals surface area contributed by atoms with Gasteiger partial charge in [-0.25, -0.2) is 4.39 Å². The summed E-state index contributed by atoms with van der Waals surface area (Å²) in [5.74, 6) is 1.74. The first-order chi connectivity index (χ1) is 14.6. The summed E-state index contributed by atoms with van der Waals surface area (Å²) in [5, 5.41) is 1.19. The van der Waals surface area contributed by atoms with Gasteiger partial charge in [0.25, 0.3) is 5.91 Å². The van der Waals surface area contributed by atoms with Crippen LogP contribution < -0.4 is 0 Å². The molecule has 154 valence electrons. The van der Waals surface area contributed by atoms with Gasteiger partial charge >= 0.3 is 0 Å². The number of benzene rings is 2. The highest BCUT2D eigenvalue weighted by atomic mass is 19.1. The average molecular weight is 403 g/mol. The van der Waals surface area contributed by atoms with Gasteiger partial charge in [0, 0.05) is 22.6 Å². The Kier molecular flexibility index (Phi) is 5.90. The maximum Gasteiger partial charge on any atom is 0.299 e. The standard InChI is InChI=1S/C26H27FN2O/c1-3-5-6-7-10-20-17-22-21-11-8-9-12-23(21)28-25(22)26(29(20)24(30)4-2)18-13-15-19(27)16-14-18/h2,8-9,11-16,20,26,28H,3,5-7,10,17H2,1H3/t20-,26-/m0/s1. The molecule has 2 atom stereocenters. The molecule has 1 aromatic heterocycles. The Labute approximate surface area is 177 Å². The predicted octanol–water partition coefficient (Wildman–Crippen LogP) is 5.75. The fourth-order valence-corrected chi connectivity index (χ4v) is 4.74. The van der Waals surface area contributed by atoms with Crippen LogP contribution in [0.25, 0.3) is 10.9 Å². The van der Waals surface area contributed by atoms with E-state index in [9.17, 15) is 9.18 Å². The van der Waals surface area contributed by atoms with Crippen LogP contribution >= 0.6 is 0 Å². The first-order valence-electron chi connectivity index (χ1n) is 10.8. The number of aromatic nitrogens is 1. The van der Waals surface area contributed by atoms with Crippen LogP contribution in [0.15, 0.2) is 48.5 Å². The van der Waals surface area contributed by atoms with Gasteiger partial charge in [-0.15, -0.1) is 6.42 Å². The number of nitrogens with zero attached hydrogens (tertiary/aromatic N) is 1. The number of amides is 1. The molecule has 1 amide bonds. The molecule has 1 aliphatic rings. The van der Waals surface area contributed by atoms with Gasteiger partial charge in [0.2, 0.25) is 0 Å². The molecule has 1 N–H and O–H groups in total. The Bertz CT molecular complexity index is 1080.